The summed E-state index contributed by atoms with van der Waals surface area (Å²) in [5, 5.41) is 0. The van der Waals surface area contributed by atoms with Gasteiger partial charge >= 0.3 is 0 Å². The number of benzene rings is 1. The van der Waals surface area contributed by atoms with Gasteiger partial charge in [0, 0.05) is 42.0 Å². The van der Waals surface area contributed by atoms with Gasteiger partial charge in [-0.15, -0.1) is 11.8 Å². The van der Waals surface area contributed by atoms with E-state index in [2.05, 4.69) is 53.1 Å². The molecule has 2 aromatic rings. The van der Waals surface area contributed by atoms with E-state index in [4.69, 9.17) is 5.84 Å². The molecule has 1 unspecified atom stereocenters. The standard InChI is InChI=1S/C16H24N4S/c1-3-9-20-10-8-18-16(20)11-14(19-17)12-21-15-6-4-13(2)5-7-15/h4-8,10,14,19H,3,9,11-12,17H2,1-2H3. The van der Waals surface area contributed by atoms with Crippen LogP contribution in [0, 0.1) is 6.92 Å². The highest BCUT2D eigenvalue weighted by molar-refractivity contribution is 7.99. The third kappa shape index (κ3) is 4.88. The Kier molecular flexibility index (Phi) is 6.29. The third-order valence-corrected chi connectivity index (χ3v) is 4.58. The number of nitrogens with one attached hydrogen (secondary N) is 1. The Balaban J connectivity index is 1.90. The van der Waals surface area contributed by atoms with E-state index in [1.807, 2.05) is 24.2 Å². The van der Waals surface area contributed by atoms with Crippen LogP contribution in [0.3, 0.4) is 0 Å². The van der Waals surface area contributed by atoms with Crippen LogP contribution in [0.4, 0.5) is 0 Å². The largest absolute Gasteiger partial charge is 0.335 e. The van der Waals surface area contributed by atoms with Crippen LogP contribution < -0.4 is 11.3 Å². The number of nitrogens with two attached hydrogens (primary N) is 1. The molecule has 0 amide bonds. The molecule has 114 valence electrons. The SMILES string of the molecule is CCCn1ccnc1CC(CSc1ccc(C)cc1)NN. The van der Waals surface area contributed by atoms with Gasteiger partial charge in [-0.2, -0.15) is 0 Å². The molecule has 0 radical (unpaired) electrons. The molecule has 0 aliphatic carbocycles. The molecular formula is C16H24N4S. The maximum absolute atomic E-state index is 5.70. The van der Waals surface area contributed by atoms with Crippen molar-refractivity contribution in [2.75, 3.05) is 5.75 Å². The number of hydrogen-bond donors (Lipinski definition) is 2. The van der Waals surface area contributed by atoms with E-state index in [-0.39, 0.29) is 6.04 Å². The summed E-state index contributed by atoms with van der Waals surface area (Å²) in [6, 6.07) is 8.81. The first-order valence-corrected chi connectivity index (χ1v) is 8.37. The minimum atomic E-state index is 0.217. The van der Waals surface area contributed by atoms with Crippen molar-refractivity contribution in [2.45, 2.75) is 44.2 Å². The summed E-state index contributed by atoms with van der Waals surface area (Å²) < 4.78 is 2.21. The van der Waals surface area contributed by atoms with Gasteiger partial charge in [-0.3, -0.25) is 11.3 Å². The van der Waals surface area contributed by atoms with Gasteiger partial charge in [0.25, 0.3) is 0 Å². The van der Waals surface area contributed by atoms with Crippen LogP contribution in [-0.4, -0.2) is 21.3 Å². The highest BCUT2D eigenvalue weighted by atomic mass is 32.2. The Morgan fingerprint density at radius 2 is 2.10 bits per heavy atom. The number of rotatable bonds is 8. The monoisotopic (exact) mass is 304 g/mol. The molecule has 1 heterocycles. The lowest BCUT2D eigenvalue weighted by Gasteiger charge is -2.16. The number of hydrogen-bond acceptors (Lipinski definition) is 4. The lowest BCUT2D eigenvalue weighted by Crippen LogP contribution is -2.39. The van der Waals surface area contributed by atoms with Crippen LogP contribution in [0.25, 0.3) is 0 Å². The molecule has 21 heavy (non-hydrogen) atoms. The Morgan fingerprint density at radius 1 is 1.33 bits per heavy atom. The average molecular weight is 304 g/mol. The molecule has 1 aromatic carbocycles. The second kappa shape index (κ2) is 8.22. The Labute approximate surface area is 131 Å². The fraction of sp³-hybridized carbons (Fsp3) is 0.438. The number of aryl methyl sites for hydroxylation is 2. The van der Waals surface area contributed by atoms with Crippen molar-refractivity contribution in [2.24, 2.45) is 5.84 Å². The quantitative estimate of drug-likeness (QED) is 0.447. The van der Waals surface area contributed by atoms with E-state index in [0.29, 0.717) is 0 Å². The molecule has 0 bridgehead atoms. The summed E-state index contributed by atoms with van der Waals surface area (Å²) in [5.74, 6) is 7.73. The third-order valence-electron chi connectivity index (χ3n) is 3.40. The van der Waals surface area contributed by atoms with Crippen LogP contribution in [0.15, 0.2) is 41.6 Å². The second-order valence-corrected chi connectivity index (χ2v) is 6.32. The van der Waals surface area contributed by atoms with Crippen molar-refractivity contribution in [1.82, 2.24) is 15.0 Å². The molecule has 0 aliphatic rings. The van der Waals surface area contributed by atoms with Gasteiger partial charge < -0.3 is 4.57 Å². The first kappa shape index (κ1) is 16.1. The van der Waals surface area contributed by atoms with Gasteiger partial charge in [0.15, 0.2) is 0 Å². The highest BCUT2D eigenvalue weighted by Gasteiger charge is 2.12. The molecule has 0 saturated carbocycles. The first-order valence-electron chi connectivity index (χ1n) is 7.38. The van der Waals surface area contributed by atoms with Crippen LogP contribution in [0.1, 0.15) is 24.7 Å². The zero-order chi connectivity index (χ0) is 15.1. The Hall–Kier alpha value is -1.30. The summed E-state index contributed by atoms with van der Waals surface area (Å²) in [4.78, 5) is 5.72. The fourth-order valence-electron chi connectivity index (χ4n) is 2.19. The van der Waals surface area contributed by atoms with Crippen LogP contribution in [0.5, 0.6) is 0 Å². The molecule has 0 fully saturated rings. The fourth-order valence-corrected chi connectivity index (χ4v) is 3.13. The average Bonchev–Trinajstić information content (AvgIpc) is 2.92. The van der Waals surface area contributed by atoms with Crippen molar-refractivity contribution in [3.05, 3.63) is 48.0 Å². The summed E-state index contributed by atoms with van der Waals surface area (Å²) in [5.41, 5.74) is 4.20. The van der Waals surface area contributed by atoms with Crippen molar-refractivity contribution in [3.63, 3.8) is 0 Å². The molecule has 1 aromatic heterocycles. The molecular weight excluding hydrogens is 280 g/mol. The smallest absolute Gasteiger partial charge is 0.110 e. The van der Waals surface area contributed by atoms with Crippen molar-refractivity contribution < 1.29 is 0 Å². The number of thioether (sulfide) groups is 1. The lowest BCUT2D eigenvalue weighted by molar-refractivity contribution is 0.535. The maximum Gasteiger partial charge on any atom is 0.110 e. The van der Waals surface area contributed by atoms with E-state index < -0.39 is 0 Å². The molecule has 0 spiro atoms. The van der Waals surface area contributed by atoms with E-state index in [1.54, 1.807) is 0 Å². The van der Waals surface area contributed by atoms with Crippen molar-refractivity contribution in [3.8, 4) is 0 Å². The van der Waals surface area contributed by atoms with Gasteiger partial charge in [0.2, 0.25) is 0 Å². The van der Waals surface area contributed by atoms with Gasteiger partial charge in [-0.05, 0) is 25.5 Å². The molecule has 0 aliphatic heterocycles. The molecule has 2 rings (SSSR count). The van der Waals surface area contributed by atoms with Gasteiger partial charge in [-0.1, -0.05) is 24.6 Å². The van der Waals surface area contributed by atoms with E-state index >= 15 is 0 Å². The Bertz CT molecular complexity index is 535. The molecule has 5 heteroatoms. The van der Waals surface area contributed by atoms with Crippen LogP contribution >= 0.6 is 11.8 Å². The van der Waals surface area contributed by atoms with Crippen LogP contribution in [0.2, 0.25) is 0 Å². The summed E-state index contributed by atoms with van der Waals surface area (Å²) in [7, 11) is 0. The zero-order valence-corrected chi connectivity index (χ0v) is 13.6. The number of aromatic nitrogens is 2. The zero-order valence-electron chi connectivity index (χ0n) is 12.7. The van der Waals surface area contributed by atoms with E-state index in [9.17, 15) is 0 Å². The number of imidazole rings is 1. The van der Waals surface area contributed by atoms with Crippen LogP contribution in [-0.2, 0) is 13.0 Å². The predicted molar refractivity (Wildman–Crippen MR) is 89.2 cm³/mol. The van der Waals surface area contributed by atoms with Gasteiger partial charge in [-0.25, -0.2) is 4.98 Å². The minimum absolute atomic E-state index is 0.217. The minimum Gasteiger partial charge on any atom is -0.335 e. The topological polar surface area (TPSA) is 55.9 Å². The molecule has 0 saturated heterocycles. The second-order valence-electron chi connectivity index (χ2n) is 5.23. The first-order chi connectivity index (χ1) is 10.2. The predicted octanol–water partition coefficient (Wildman–Crippen LogP) is 2.77. The Morgan fingerprint density at radius 3 is 2.76 bits per heavy atom. The van der Waals surface area contributed by atoms with E-state index in [0.717, 1.165) is 31.0 Å². The molecule has 3 N–H and O–H groups in total. The normalized spacial score (nSPS) is 12.5. The van der Waals surface area contributed by atoms with Crippen molar-refractivity contribution >= 4 is 11.8 Å². The van der Waals surface area contributed by atoms with Crippen molar-refractivity contribution in [1.29, 1.82) is 0 Å². The number of hydrazine groups is 1. The van der Waals surface area contributed by atoms with E-state index in [1.165, 1.54) is 10.5 Å². The maximum atomic E-state index is 5.70. The van der Waals surface area contributed by atoms with Gasteiger partial charge in [0.05, 0.1) is 0 Å². The highest BCUT2D eigenvalue weighted by Crippen LogP contribution is 2.20. The summed E-state index contributed by atoms with van der Waals surface area (Å²) in [6.07, 6.45) is 5.87. The summed E-state index contributed by atoms with van der Waals surface area (Å²) in [6.45, 7) is 5.29. The lowest BCUT2D eigenvalue weighted by atomic mass is 10.2. The van der Waals surface area contributed by atoms with Gasteiger partial charge in [0.1, 0.15) is 5.82 Å². The molecule has 1 atom stereocenters. The molecule has 4 nitrogen and oxygen atoms in total. The summed E-state index contributed by atoms with van der Waals surface area (Å²) >= 11 is 1.82. The number of nitrogens with zero attached hydrogens (tertiary/aromatic N) is 2.